The van der Waals surface area contributed by atoms with Crippen LogP contribution in [-0.4, -0.2) is 43.2 Å². The van der Waals surface area contributed by atoms with E-state index in [1.807, 2.05) is 50.2 Å². The number of aryl methyl sites for hydroxylation is 1. The van der Waals surface area contributed by atoms with Crippen LogP contribution >= 0.6 is 0 Å². The van der Waals surface area contributed by atoms with Crippen molar-refractivity contribution in [3.05, 3.63) is 102 Å². The zero-order chi connectivity index (χ0) is 26.0. The molecule has 1 saturated heterocycles. The number of urea groups is 1. The van der Waals surface area contributed by atoms with Gasteiger partial charge in [-0.05, 0) is 37.1 Å². The Bertz CT molecular complexity index is 1330. The molecule has 1 heterocycles. The van der Waals surface area contributed by atoms with Crippen molar-refractivity contribution in [1.82, 2.24) is 14.5 Å². The first kappa shape index (κ1) is 25.6. The SMILES string of the molecule is Cc1ccc(S(=O)(=O)N[C@@H](c2ccccc2)[C@@H](C)C(=O)N2C(=O)N(C)[C@@H](C)[C@H]2c2ccccc2)cc1. The number of carbonyl (C=O) groups excluding carboxylic acids is 2. The van der Waals surface area contributed by atoms with Crippen LogP contribution in [0.4, 0.5) is 4.79 Å². The normalized spacial score (nSPS) is 19.8. The third-order valence-corrected chi connectivity index (χ3v) is 8.35. The van der Waals surface area contributed by atoms with Crippen molar-refractivity contribution < 1.29 is 18.0 Å². The van der Waals surface area contributed by atoms with Gasteiger partial charge >= 0.3 is 6.03 Å². The van der Waals surface area contributed by atoms with E-state index in [-0.39, 0.29) is 10.9 Å². The van der Waals surface area contributed by atoms with E-state index in [0.29, 0.717) is 5.56 Å². The van der Waals surface area contributed by atoms with Crippen molar-refractivity contribution in [3.8, 4) is 0 Å². The van der Waals surface area contributed by atoms with Gasteiger partial charge in [-0.3, -0.25) is 9.69 Å². The molecular formula is C28H31N3O4S. The molecule has 0 aromatic heterocycles. The highest BCUT2D eigenvalue weighted by Crippen LogP contribution is 2.37. The Morgan fingerprint density at radius 2 is 1.47 bits per heavy atom. The minimum atomic E-state index is -3.94. The predicted octanol–water partition coefficient (Wildman–Crippen LogP) is 4.67. The molecule has 0 spiro atoms. The number of benzene rings is 3. The van der Waals surface area contributed by atoms with Crippen LogP contribution in [0.1, 0.15) is 42.6 Å². The molecule has 8 heteroatoms. The van der Waals surface area contributed by atoms with Crippen molar-refractivity contribution in [2.45, 2.75) is 43.8 Å². The van der Waals surface area contributed by atoms with Crippen LogP contribution < -0.4 is 4.72 Å². The molecule has 0 radical (unpaired) electrons. The van der Waals surface area contributed by atoms with Crippen molar-refractivity contribution in [2.75, 3.05) is 7.05 Å². The molecular weight excluding hydrogens is 474 g/mol. The summed E-state index contributed by atoms with van der Waals surface area (Å²) in [6, 6.07) is 22.9. The average Bonchev–Trinajstić information content (AvgIpc) is 3.11. The highest BCUT2D eigenvalue weighted by Gasteiger charge is 2.48. The topological polar surface area (TPSA) is 86.8 Å². The quantitative estimate of drug-likeness (QED) is 0.505. The van der Waals surface area contributed by atoms with Crippen LogP contribution in [0.15, 0.2) is 89.8 Å². The van der Waals surface area contributed by atoms with Crippen LogP contribution in [0.5, 0.6) is 0 Å². The summed E-state index contributed by atoms with van der Waals surface area (Å²) < 4.78 is 29.4. The number of likely N-dealkylation sites (N-methyl/N-ethyl adjacent to an activating group) is 1. The van der Waals surface area contributed by atoms with E-state index < -0.39 is 40.0 Å². The third-order valence-electron chi connectivity index (χ3n) is 6.89. The number of sulfonamides is 1. The Kier molecular flexibility index (Phi) is 7.28. The van der Waals surface area contributed by atoms with E-state index >= 15 is 0 Å². The maximum absolute atomic E-state index is 14.0. The van der Waals surface area contributed by atoms with Gasteiger partial charge in [-0.2, -0.15) is 0 Å². The Hall–Kier alpha value is -3.49. The van der Waals surface area contributed by atoms with Crippen LogP contribution in [0, 0.1) is 12.8 Å². The molecule has 36 heavy (non-hydrogen) atoms. The zero-order valence-electron chi connectivity index (χ0n) is 20.8. The van der Waals surface area contributed by atoms with E-state index in [1.54, 1.807) is 55.3 Å². The highest BCUT2D eigenvalue weighted by atomic mass is 32.2. The van der Waals surface area contributed by atoms with Gasteiger partial charge in [0.1, 0.15) is 0 Å². The van der Waals surface area contributed by atoms with Gasteiger partial charge in [0.25, 0.3) is 0 Å². The van der Waals surface area contributed by atoms with Crippen molar-refractivity contribution in [1.29, 1.82) is 0 Å². The molecule has 0 aliphatic carbocycles. The zero-order valence-corrected chi connectivity index (χ0v) is 21.6. The Morgan fingerprint density at radius 3 is 2.06 bits per heavy atom. The van der Waals surface area contributed by atoms with Gasteiger partial charge in [0, 0.05) is 7.05 Å². The molecule has 0 unspecified atom stereocenters. The minimum absolute atomic E-state index is 0.112. The summed E-state index contributed by atoms with van der Waals surface area (Å²) in [5, 5.41) is 0. The number of nitrogens with one attached hydrogen (secondary N) is 1. The lowest BCUT2D eigenvalue weighted by atomic mass is 9.92. The standard InChI is InChI=1S/C28H31N3O4S/c1-19-15-17-24(18-16-19)36(34,35)29-25(22-11-7-5-8-12-22)20(2)27(32)31-26(21(3)30(4)28(31)33)23-13-9-6-10-14-23/h5-18,20-21,25-26,29H,1-4H3/t20-,21+,25-,26+/m1/s1. The van der Waals surface area contributed by atoms with Crippen molar-refractivity contribution in [2.24, 2.45) is 5.92 Å². The summed E-state index contributed by atoms with van der Waals surface area (Å²) in [6.07, 6.45) is 0. The van der Waals surface area contributed by atoms with Crippen molar-refractivity contribution >= 4 is 22.0 Å². The van der Waals surface area contributed by atoms with Gasteiger partial charge < -0.3 is 4.90 Å². The van der Waals surface area contributed by atoms with E-state index in [2.05, 4.69) is 4.72 Å². The molecule has 188 valence electrons. The summed E-state index contributed by atoms with van der Waals surface area (Å²) in [6.45, 7) is 5.45. The van der Waals surface area contributed by atoms with Gasteiger partial charge in [0.05, 0.1) is 28.9 Å². The largest absolute Gasteiger partial charge is 0.327 e. The van der Waals surface area contributed by atoms with Gasteiger partial charge in [0.15, 0.2) is 0 Å². The summed E-state index contributed by atoms with van der Waals surface area (Å²) in [5.74, 6) is -1.30. The molecule has 1 aliphatic heterocycles. The summed E-state index contributed by atoms with van der Waals surface area (Å²) in [5.41, 5.74) is 2.42. The predicted molar refractivity (Wildman–Crippen MR) is 138 cm³/mol. The fraction of sp³-hybridized carbons (Fsp3) is 0.286. The van der Waals surface area contributed by atoms with Gasteiger partial charge in [-0.1, -0.05) is 85.3 Å². The number of rotatable bonds is 7. The first-order valence-corrected chi connectivity index (χ1v) is 13.4. The molecule has 4 atom stereocenters. The second-order valence-corrected chi connectivity index (χ2v) is 11.0. The van der Waals surface area contributed by atoms with E-state index in [4.69, 9.17) is 0 Å². The Balaban J connectivity index is 1.71. The van der Waals surface area contributed by atoms with E-state index in [9.17, 15) is 18.0 Å². The first-order chi connectivity index (χ1) is 17.1. The Labute approximate surface area is 212 Å². The number of nitrogens with zero attached hydrogens (tertiary/aromatic N) is 2. The highest BCUT2D eigenvalue weighted by molar-refractivity contribution is 7.89. The monoisotopic (exact) mass is 505 g/mol. The Morgan fingerprint density at radius 1 is 0.917 bits per heavy atom. The van der Waals surface area contributed by atoms with Crippen LogP contribution in [0.3, 0.4) is 0 Å². The lowest BCUT2D eigenvalue weighted by Crippen LogP contribution is -2.44. The molecule has 7 nitrogen and oxygen atoms in total. The fourth-order valence-corrected chi connectivity index (χ4v) is 5.94. The minimum Gasteiger partial charge on any atom is -0.322 e. The lowest BCUT2D eigenvalue weighted by Gasteiger charge is -2.30. The second kappa shape index (κ2) is 10.2. The maximum Gasteiger partial charge on any atom is 0.327 e. The number of hydrogen-bond acceptors (Lipinski definition) is 4. The third kappa shape index (κ3) is 4.92. The molecule has 3 aromatic rings. The number of carbonyl (C=O) groups is 2. The molecule has 0 saturated carbocycles. The molecule has 3 aromatic carbocycles. The maximum atomic E-state index is 14.0. The smallest absolute Gasteiger partial charge is 0.322 e. The lowest BCUT2D eigenvalue weighted by molar-refractivity contribution is -0.134. The average molecular weight is 506 g/mol. The van der Waals surface area contributed by atoms with Crippen molar-refractivity contribution in [3.63, 3.8) is 0 Å². The van der Waals surface area contributed by atoms with Crippen LogP contribution in [0.2, 0.25) is 0 Å². The molecule has 1 N–H and O–H groups in total. The number of imide groups is 1. The van der Waals surface area contributed by atoms with Gasteiger partial charge in [0.2, 0.25) is 15.9 Å². The number of hydrogen-bond donors (Lipinski definition) is 1. The molecule has 1 aliphatic rings. The second-order valence-electron chi connectivity index (χ2n) is 9.31. The van der Waals surface area contributed by atoms with Gasteiger partial charge in [-0.25, -0.2) is 17.9 Å². The molecule has 1 fully saturated rings. The van der Waals surface area contributed by atoms with Gasteiger partial charge in [-0.15, -0.1) is 0 Å². The van der Waals surface area contributed by atoms with Crippen LogP contribution in [-0.2, 0) is 14.8 Å². The molecule has 0 bridgehead atoms. The molecule has 3 amide bonds. The summed E-state index contributed by atoms with van der Waals surface area (Å²) in [4.78, 5) is 30.1. The summed E-state index contributed by atoms with van der Waals surface area (Å²) >= 11 is 0. The molecule has 4 rings (SSSR count). The van der Waals surface area contributed by atoms with E-state index in [0.717, 1.165) is 11.1 Å². The number of amides is 3. The van der Waals surface area contributed by atoms with Crippen LogP contribution in [0.25, 0.3) is 0 Å². The fourth-order valence-electron chi connectivity index (χ4n) is 4.63. The first-order valence-electron chi connectivity index (χ1n) is 11.9. The van der Waals surface area contributed by atoms with E-state index in [1.165, 1.54) is 17.0 Å². The summed E-state index contributed by atoms with van der Waals surface area (Å²) in [7, 11) is -2.27.